The van der Waals surface area contributed by atoms with Gasteiger partial charge in [0.25, 0.3) is 5.91 Å². The van der Waals surface area contributed by atoms with Crippen molar-refractivity contribution in [1.29, 1.82) is 0 Å². The molecule has 1 atom stereocenters. The van der Waals surface area contributed by atoms with Crippen LogP contribution in [0.15, 0.2) is 54.6 Å². The Hall–Kier alpha value is -3.88. The average Bonchev–Trinajstić information content (AvgIpc) is 2.86. The average molecular weight is 481 g/mol. The van der Waals surface area contributed by atoms with Gasteiger partial charge >= 0.3 is 5.97 Å². The van der Waals surface area contributed by atoms with Crippen LogP contribution in [0.3, 0.4) is 0 Å². The lowest BCUT2D eigenvalue weighted by Gasteiger charge is -2.34. The molecular weight excluding hydrogens is 448 g/mol. The standard InChI is InChI=1S/C26H32N4O5/c1-18(2)17-35-24(32)14-22-26(34)27-11-12-30(22)23(31)16-28-21-10-6-9-20(13-21)25(33)29-15-19-7-4-3-5-8-19/h3-10,13,18,22,28H,11-12,14-17H2,1-2H3,(H,27,34)(H,29,33). The fourth-order valence-corrected chi connectivity index (χ4v) is 3.62. The molecule has 2 aromatic carbocycles. The molecule has 186 valence electrons. The van der Waals surface area contributed by atoms with E-state index in [9.17, 15) is 19.2 Å². The number of anilines is 1. The summed E-state index contributed by atoms with van der Waals surface area (Å²) in [6.45, 7) is 5.05. The van der Waals surface area contributed by atoms with E-state index < -0.39 is 12.0 Å². The van der Waals surface area contributed by atoms with Crippen LogP contribution >= 0.6 is 0 Å². The van der Waals surface area contributed by atoms with Crippen LogP contribution in [0.1, 0.15) is 36.2 Å². The molecule has 1 aliphatic rings. The van der Waals surface area contributed by atoms with E-state index >= 15 is 0 Å². The highest BCUT2D eigenvalue weighted by Crippen LogP contribution is 2.14. The summed E-state index contributed by atoms with van der Waals surface area (Å²) in [4.78, 5) is 51.4. The van der Waals surface area contributed by atoms with E-state index in [1.807, 2.05) is 44.2 Å². The fourth-order valence-electron chi connectivity index (χ4n) is 3.62. The zero-order valence-corrected chi connectivity index (χ0v) is 20.1. The van der Waals surface area contributed by atoms with Gasteiger partial charge in [0.05, 0.1) is 19.6 Å². The highest BCUT2D eigenvalue weighted by molar-refractivity contribution is 5.95. The number of piperazine rings is 1. The van der Waals surface area contributed by atoms with Gasteiger partial charge in [0.1, 0.15) is 6.04 Å². The van der Waals surface area contributed by atoms with Crippen molar-refractivity contribution in [2.75, 3.05) is 31.6 Å². The number of ether oxygens (including phenoxy) is 1. The van der Waals surface area contributed by atoms with Crippen molar-refractivity contribution < 1.29 is 23.9 Å². The molecule has 2 aromatic rings. The summed E-state index contributed by atoms with van der Waals surface area (Å²) in [7, 11) is 0. The Morgan fingerprint density at radius 1 is 1.11 bits per heavy atom. The fraction of sp³-hybridized carbons (Fsp3) is 0.385. The Morgan fingerprint density at radius 3 is 2.63 bits per heavy atom. The van der Waals surface area contributed by atoms with E-state index in [0.717, 1.165) is 5.56 Å². The second-order valence-corrected chi connectivity index (χ2v) is 8.78. The number of amides is 3. The van der Waals surface area contributed by atoms with Crippen LogP contribution in [-0.2, 0) is 25.7 Å². The number of carbonyl (C=O) groups is 4. The van der Waals surface area contributed by atoms with E-state index in [4.69, 9.17) is 4.74 Å². The van der Waals surface area contributed by atoms with Gasteiger partial charge in [0.2, 0.25) is 11.8 Å². The quantitative estimate of drug-likeness (QED) is 0.448. The van der Waals surface area contributed by atoms with Crippen molar-refractivity contribution in [1.82, 2.24) is 15.5 Å². The van der Waals surface area contributed by atoms with Gasteiger partial charge in [-0.2, -0.15) is 0 Å². The molecule has 35 heavy (non-hydrogen) atoms. The maximum Gasteiger partial charge on any atom is 0.308 e. The Morgan fingerprint density at radius 2 is 1.89 bits per heavy atom. The van der Waals surface area contributed by atoms with Crippen molar-refractivity contribution in [2.45, 2.75) is 32.9 Å². The predicted molar refractivity (Wildman–Crippen MR) is 131 cm³/mol. The molecule has 1 heterocycles. The van der Waals surface area contributed by atoms with Crippen LogP contribution in [0.2, 0.25) is 0 Å². The first kappa shape index (κ1) is 25.7. The molecule has 3 rings (SSSR count). The van der Waals surface area contributed by atoms with Gasteiger partial charge in [0, 0.05) is 30.9 Å². The lowest BCUT2D eigenvalue weighted by atomic mass is 10.1. The maximum absolute atomic E-state index is 12.9. The molecule has 1 saturated heterocycles. The number of nitrogens with zero attached hydrogens (tertiary/aromatic N) is 1. The van der Waals surface area contributed by atoms with Crippen LogP contribution < -0.4 is 16.0 Å². The predicted octanol–water partition coefficient (Wildman–Crippen LogP) is 1.94. The minimum atomic E-state index is -0.909. The third kappa shape index (κ3) is 7.84. The minimum Gasteiger partial charge on any atom is -0.465 e. The molecular formula is C26H32N4O5. The number of hydrogen-bond donors (Lipinski definition) is 3. The molecule has 0 aliphatic carbocycles. The summed E-state index contributed by atoms with van der Waals surface area (Å²) in [6, 6.07) is 15.5. The number of esters is 1. The Balaban J connectivity index is 1.55. The lowest BCUT2D eigenvalue weighted by Crippen LogP contribution is -2.58. The monoisotopic (exact) mass is 480 g/mol. The van der Waals surface area contributed by atoms with Crippen molar-refractivity contribution in [2.24, 2.45) is 5.92 Å². The van der Waals surface area contributed by atoms with E-state index in [0.29, 0.717) is 30.9 Å². The van der Waals surface area contributed by atoms with Crippen LogP contribution in [-0.4, -0.2) is 60.9 Å². The third-order valence-corrected chi connectivity index (χ3v) is 5.45. The highest BCUT2D eigenvalue weighted by atomic mass is 16.5. The molecule has 0 radical (unpaired) electrons. The molecule has 1 fully saturated rings. The first-order chi connectivity index (χ1) is 16.8. The van der Waals surface area contributed by atoms with Gasteiger partial charge in [-0.1, -0.05) is 50.2 Å². The lowest BCUT2D eigenvalue weighted by molar-refractivity contribution is -0.152. The smallest absolute Gasteiger partial charge is 0.308 e. The van der Waals surface area contributed by atoms with Gasteiger partial charge < -0.3 is 25.6 Å². The molecule has 1 unspecified atom stereocenters. The van der Waals surface area contributed by atoms with Crippen molar-refractivity contribution in [3.05, 3.63) is 65.7 Å². The molecule has 9 nitrogen and oxygen atoms in total. The van der Waals surface area contributed by atoms with E-state index in [1.165, 1.54) is 4.90 Å². The van der Waals surface area contributed by atoms with E-state index in [2.05, 4.69) is 16.0 Å². The van der Waals surface area contributed by atoms with Gasteiger partial charge in [-0.3, -0.25) is 19.2 Å². The summed E-state index contributed by atoms with van der Waals surface area (Å²) in [5, 5.41) is 8.59. The largest absolute Gasteiger partial charge is 0.465 e. The Labute approximate surface area is 205 Å². The van der Waals surface area contributed by atoms with Crippen LogP contribution in [0, 0.1) is 5.92 Å². The summed E-state index contributed by atoms with van der Waals surface area (Å²) in [5.41, 5.74) is 2.05. The van der Waals surface area contributed by atoms with Gasteiger partial charge in [0.15, 0.2) is 0 Å². The van der Waals surface area contributed by atoms with Crippen LogP contribution in [0.4, 0.5) is 5.69 Å². The second kappa shape index (κ2) is 12.5. The molecule has 0 bridgehead atoms. The summed E-state index contributed by atoms with van der Waals surface area (Å²) < 4.78 is 5.19. The van der Waals surface area contributed by atoms with Crippen molar-refractivity contribution in [3.8, 4) is 0 Å². The van der Waals surface area contributed by atoms with E-state index in [-0.39, 0.29) is 43.2 Å². The molecule has 0 spiro atoms. The summed E-state index contributed by atoms with van der Waals surface area (Å²) >= 11 is 0. The molecule has 9 heteroatoms. The first-order valence-electron chi connectivity index (χ1n) is 11.7. The molecule has 3 amide bonds. The number of benzene rings is 2. The second-order valence-electron chi connectivity index (χ2n) is 8.78. The minimum absolute atomic E-state index is 0.0834. The normalized spacial score (nSPS) is 15.3. The van der Waals surface area contributed by atoms with Crippen molar-refractivity contribution in [3.63, 3.8) is 0 Å². The first-order valence-corrected chi connectivity index (χ1v) is 11.7. The topological polar surface area (TPSA) is 117 Å². The summed E-state index contributed by atoms with van der Waals surface area (Å²) in [6.07, 6.45) is -0.193. The summed E-state index contributed by atoms with van der Waals surface area (Å²) in [5.74, 6) is -1.25. The van der Waals surface area contributed by atoms with Crippen LogP contribution in [0.5, 0.6) is 0 Å². The van der Waals surface area contributed by atoms with Gasteiger partial charge in [-0.25, -0.2) is 0 Å². The number of nitrogens with one attached hydrogen (secondary N) is 3. The number of carbonyl (C=O) groups excluding carboxylic acids is 4. The zero-order valence-electron chi connectivity index (χ0n) is 20.1. The third-order valence-electron chi connectivity index (χ3n) is 5.45. The van der Waals surface area contributed by atoms with Crippen molar-refractivity contribution >= 4 is 29.4 Å². The Bertz CT molecular complexity index is 1040. The molecule has 1 aliphatic heterocycles. The maximum atomic E-state index is 12.9. The highest BCUT2D eigenvalue weighted by Gasteiger charge is 2.35. The van der Waals surface area contributed by atoms with E-state index in [1.54, 1.807) is 24.3 Å². The molecule has 0 saturated carbocycles. The Kier molecular flexibility index (Phi) is 9.23. The number of hydrogen-bond acceptors (Lipinski definition) is 6. The molecule has 0 aromatic heterocycles. The van der Waals surface area contributed by atoms with Gasteiger partial charge in [-0.15, -0.1) is 0 Å². The SMILES string of the molecule is CC(C)COC(=O)CC1C(=O)NCCN1C(=O)CNc1cccc(C(=O)NCc2ccccc2)c1. The number of rotatable bonds is 10. The zero-order chi connectivity index (χ0) is 25.2. The van der Waals surface area contributed by atoms with Crippen LogP contribution in [0.25, 0.3) is 0 Å². The molecule has 3 N–H and O–H groups in total. The van der Waals surface area contributed by atoms with Gasteiger partial charge in [-0.05, 0) is 29.7 Å².